The SMILES string of the molecule is COc1cc(C[C@H]2CC(C)=CC[NH+]2C)cc(OC)c1OC. The molecule has 0 fully saturated rings. The summed E-state index contributed by atoms with van der Waals surface area (Å²) in [5.74, 6) is 2.12. The van der Waals surface area contributed by atoms with Crippen LogP contribution in [0.15, 0.2) is 23.8 Å². The van der Waals surface area contributed by atoms with Gasteiger partial charge in [-0.15, -0.1) is 0 Å². The van der Waals surface area contributed by atoms with Crippen LogP contribution in [0, 0.1) is 0 Å². The van der Waals surface area contributed by atoms with Gasteiger partial charge in [0.1, 0.15) is 0 Å². The number of rotatable bonds is 5. The molecule has 0 radical (unpaired) electrons. The molecule has 1 aromatic carbocycles. The summed E-state index contributed by atoms with van der Waals surface area (Å²) < 4.78 is 16.2. The van der Waals surface area contributed by atoms with Crippen molar-refractivity contribution < 1.29 is 19.1 Å². The van der Waals surface area contributed by atoms with Crippen LogP contribution in [-0.2, 0) is 6.42 Å². The van der Waals surface area contributed by atoms with Crippen molar-refractivity contribution in [2.24, 2.45) is 0 Å². The quantitative estimate of drug-likeness (QED) is 0.835. The van der Waals surface area contributed by atoms with Gasteiger partial charge >= 0.3 is 0 Å². The van der Waals surface area contributed by atoms with Crippen molar-refractivity contribution in [1.29, 1.82) is 0 Å². The molecule has 2 atom stereocenters. The Morgan fingerprint density at radius 1 is 1.10 bits per heavy atom. The zero-order valence-corrected chi connectivity index (χ0v) is 13.7. The standard InChI is InChI=1S/C17H25NO3/c1-12-6-7-18(2)14(8-12)9-13-10-15(19-3)17(21-5)16(11-13)20-4/h6,10-11,14H,7-9H2,1-5H3/p+1/t14-/m1/s1. The lowest BCUT2D eigenvalue weighted by Gasteiger charge is -2.28. The number of methoxy groups -OCH3 is 3. The van der Waals surface area contributed by atoms with Crippen molar-refractivity contribution in [1.82, 2.24) is 0 Å². The van der Waals surface area contributed by atoms with Crippen LogP contribution in [0.25, 0.3) is 0 Å². The molecule has 0 spiro atoms. The van der Waals surface area contributed by atoms with Gasteiger partial charge < -0.3 is 19.1 Å². The molecule has 0 saturated heterocycles. The molecule has 0 bridgehead atoms. The smallest absolute Gasteiger partial charge is 0.203 e. The Morgan fingerprint density at radius 3 is 2.24 bits per heavy atom. The molecule has 0 aromatic heterocycles. The summed E-state index contributed by atoms with van der Waals surface area (Å²) in [7, 11) is 7.21. The highest BCUT2D eigenvalue weighted by Crippen LogP contribution is 2.38. The Kier molecular flexibility index (Phi) is 5.12. The Bertz CT molecular complexity index is 500. The summed E-state index contributed by atoms with van der Waals surface area (Å²) >= 11 is 0. The van der Waals surface area contributed by atoms with Crippen molar-refractivity contribution in [2.75, 3.05) is 34.9 Å². The Morgan fingerprint density at radius 2 is 1.71 bits per heavy atom. The number of likely N-dealkylation sites (N-methyl/N-ethyl adjacent to an activating group) is 1. The van der Waals surface area contributed by atoms with Crippen molar-refractivity contribution in [3.8, 4) is 17.2 Å². The van der Waals surface area contributed by atoms with E-state index < -0.39 is 0 Å². The first-order valence-electron chi connectivity index (χ1n) is 7.35. The minimum atomic E-state index is 0.595. The van der Waals surface area contributed by atoms with Gasteiger partial charge in [-0.05, 0) is 30.7 Å². The van der Waals surface area contributed by atoms with E-state index in [2.05, 4.69) is 32.2 Å². The van der Waals surface area contributed by atoms with Crippen molar-refractivity contribution in [2.45, 2.75) is 25.8 Å². The molecule has 1 aliphatic rings. The zero-order valence-electron chi connectivity index (χ0n) is 13.7. The minimum Gasteiger partial charge on any atom is -0.493 e. The van der Waals surface area contributed by atoms with Crippen LogP contribution < -0.4 is 19.1 Å². The molecule has 0 saturated carbocycles. The van der Waals surface area contributed by atoms with Crippen LogP contribution in [-0.4, -0.2) is 41.0 Å². The zero-order chi connectivity index (χ0) is 15.4. The van der Waals surface area contributed by atoms with E-state index in [0.717, 1.165) is 30.9 Å². The van der Waals surface area contributed by atoms with Crippen molar-refractivity contribution in [3.05, 3.63) is 29.3 Å². The molecule has 4 nitrogen and oxygen atoms in total. The first kappa shape index (κ1) is 15.7. The topological polar surface area (TPSA) is 32.1 Å². The second-order valence-corrected chi connectivity index (χ2v) is 5.74. The summed E-state index contributed by atoms with van der Waals surface area (Å²) in [5.41, 5.74) is 2.71. The van der Waals surface area contributed by atoms with E-state index >= 15 is 0 Å². The fourth-order valence-electron chi connectivity index (χ4n) is 2.93. The number of quaternary nitrogens is 1. The molecule has 0 amide bonds. The van der Waals surface area contributed by atoms with Gasteiger partial charge in [-0.1, -0.05) is 5.57 Å². The molecule has 4 heteroatoms. The minimum absolute atomic E-state index is 0.595. The predicted molar refractivity (Wildman–Crippen MR) is 83.7 cm³/mol. The first-order valence-corrected chi connectivity index (χ1v) is 7.35. The number of nitrogens with one attached hydrogen (secondary N) is 1. The number of hydrogen-bond donors (Lipinski definition) is 1. The molecular weight excluding hydrogens is 266 g/mol. The van der Waals surface area contributed by atoms with Gasteiger partial charge in [0.05, 0.1) is 41.0 Å². The largest absolute Gasteiger partial charge is 0.493 e. The molecular formula is C17H26NO3+. The summed E-state index contributed by atoms with van der Waals surface area (Å²) in [6.45, 7) is 3.32. The summed E-state index contributed by atoms with van der Waals surface area (Å²) in [5, 5.41) is 0. The van der Waals surface area contributed by atoms with Crippen molar-refractivity contribution >= 4 is 0 Å². The van der Waals surface area contributed by atoms with Gasteiger partial charge in [0.15, 0.2) is 11.5 Å². The second-order valence-electron chi connectivity index (χ2n) is 5.74. The lowest BCUT2D eigenvalue weighted by Crippen LogP contribution is -3.13. The fourth-order valence-corrected chi connectivity index (χ4v) is 2.93. The van der Waals surface area contributed by atoms with Gasteiger partial charge in [-0.2, -0.15) is 0 Å². The Balaban J connectivity index is 2.26. The maximum Gasteiger partial charge on any atom is 0.203 e. The molecule has 1 N–H and O–H groups in total. The van der Waals surface area contributed by atoms with E-state index in [1.54, 1.807) is 26.2 Å². The third-order valence-electron chi connectivity index (χ3n) is 4.24. The van der Waals surface area contributed by atoms with Gasteiger partial charge in [-0.25, -0.2) is 0 Å². The lowest BCUT2D eigenvalue weighted by molar-refractivity contribution is -0.901. The van der Waals surface area contributed by atoms with Crippen LogP contribution in [0.4, 0.5) is 0 Å². The highest BCUT2D eigenvalue weighted by molar-refractivity contribution is 5.53. The van der Waals surface area contributed by atoms with E-state index in [1.165, 1.54) is 11.1 Å². The average Bonchev–Trinajstić information content (AvgIpc) is 2.49. The maximum atomic E-state index is 5.43. The van der Waals surface area contributed by atoms with Crippen molar-refractivity contribution in [3.63, 3.8) is 0 Å². The van der Waals surface area contributed by atoms with Crippen LogP contribution in [0.5, 0.6) is 17.2 Å². The van der Waals surface area contributed by atoms with Crippen LogP contribution in [0.1, 0.15) is 18.9 Å². The van der Waals surface area contributed by atoms with Gasteiger partial charge in [0.2, 0.25) is 5.75 Å². The summed E-state index contributed by atoms with van der Waals surface area (Å²) in [6, 6.07) is 4.71. The highest BCUT2D eigenvalue weighted by Gasteiger charge is 2.24. The molecule has 0 aliphatic carbocycles. The normalized spacial score (nSPS) is 21.7. The van der Waals surface area contributed by atoms with E-state index in [0.29, 0.717) is 11.8 Å². The van der Waals surface area contributed by atoms with E-state index in [-0.39, 0.29) is 0 Å². The maximum absolute atomic E-state index is 5.43. The number of ether oxygens (including phenoxy) is 3. The molecule has 1 unspecified atom stereocenters. The van der Waals surface area contributed by atoms with E-state index in [4.69, 9.17) is 14.2 Å². The third kappa shape index (κ3) is 3.50. The Hall–Kier alpha value is -1.68. The highest BCUT2D eigenvalue weighted by atomic mass is 16.5. The lowest BCUT2D eigenvalue weighted by atomic mass is 9.95. The molecule has 1 aromatic rings. The molecule has 2 rings (SSSR count). The van der Waals surface area contributed by atoms with Gasteiger partial charge in [0.25, 0.3) is 0 Å². The first-order chi connectivity index (χ1) is 10.1. The predicted octanol–water partition coefficient (Wildman–Crippen LogP) is 1.49. The average molecular weight is 292 g/mol. The molecule has 116 valence electrons. The third-order valence-corrected chi connectivity index (χ3v) is 4.24. The number of hydrogen-bond acceptors (Lipinski definition) is 3. The monoisotopic (exact) mass is 292 g/mol. The van der Waals surface area contributed by atoms with Crippen LogP contribution in [0.3, 0.4) is 0 Å². The van der Waals surface area contributed by atoms with Crippen LogP contribution in [0.2, 0.25) is 0 Å². The van der Waals surface area contributed by atoms with E-state index in [1.807, 2.05) is 0 Å². The number of benzene rings is 1. The molecule has 1 heterocycles. The molecule has 1 aliphatic heterocycles. The summed E-state index contributed by atoms with van der Waals surface area (Å²) in [6.07, 6.45) is 4.48. The van der Waals surface area contributed by atoms with Crippen LogP contribution >= 0.6 is 0 Å². The van der Waals surface area contributed by atoms with Gasteiger partial charge in [-0.3, -0.25) is 0 Å². The molecule has 21 heavy (non-hydrogen) atoms. The summed E-state index contributed by atoms with van der Waals surface area (Å²) in [4.78, 5) is 1.55. The fraction of sp³-hybridized carbons (Fsp3) is 0.529. The van der Waals surface area contributed by atoms with Gasteiger partial charge in [0, 0.05) is 12.8 Å². The second kappa shape index (κ2) is 6.85. The Labute approximate surface area is 127 Å². The van der Waals surface area contributed by atoms with E-state index in [9.17, 15) is 0 Å².